The van der Waals surface area contributed by atoms with Crippen molar-refractivity contribution in [2.24, 2.45) is 0 Å². The number of hydrogen-bond acceptors (Lipinski definition) is 5. The Morgan fingerprint density at radius 3 is 2.62 bits per heavy atom. The molecule has 1 aliphatic heterocycles. The van der Waals surface area contributed by atoms with E-state index >= 15 is 0 Å². The molecule has 5 nitrogen and oxygen atoms in total. The van der Waals surface area contributed by atoms with E-state index in [1.165, 1.54) is 18.2 Å². The largest absolute Gasteiger partial charge is 0.345 e. The van der Waals surface area contributed by atoms with Gasteiger partial charge < -0.3 is 5.32 Å². The fourth-order valence-corrected chi connectivity index (χ4v) is 6.23. The van der Waals surface area contributed by atoms with Gasteiger partial charge in [-0.1, -0.05) is 6.07 Å². The van der Waals surface area contributed by atoms with Crippen LogP contribution in [0, 0.1) is 5.82 Å². The minimum Gasteiger partial charge on any atom is -0.345 e. The molecule has 0 bridgehead atoms. The van der Waals surface area contributed by atoms with Crippen LogP contribution in [0.5, 0.6) is 0 Å². The number of fused-ring (bicyclic) bond motifs is 1. The highest BCUT2D eigenvalue weighted by atomic mass is 32.2. The molecule has 29 heavy (non-hydrogen) atoms. The molecule has 3 aromatic rings. The highest BCUT2D eigenvalue weighted by Gasteiger charge is 2.23. The molecule has 0 aliphatic carbocycles. The van der Waals surface area contributed by atoms with Gasteiger partial charge in [0.15, 0.2) is 0 Å². The smallest absolute Gasteiger partial charge is 0.271 e. The summed E-state index contributed by atoms with van der Waals surface area (Å²) in [6, 6.07) is 13.8. The molecule has 1 amide bonds. The van der Waals surface area contributed by atoms with Crippen LogP contribution < -0.4 is 10.0 Å². The van der Waals surface area contributed by atoms with E-state index in [4.69, 9.17) is 0 Å². The molecular formula is C20H17FN2O3S3. The van der Waals surface area contributed by atoms with Crippen LogP contribution in [0.3, 0.4) is 0 Å². The lowest BCUT2D eigenvalue weighted by molar-refractivity contribution is 0.0935. The van der Waals surface area contributed by atoms with E-state index in [1.54, 1.807) is 53.5 Å². The minimum absolute atomic E-state index is 0.223. The number of nitrogens with one attached hydrogen (secondary N) is 2. The first kappa shape index (κ1) is 19.9. The van der Waals surface area contributed by atoms with Crippen molar-refractivity contribution in [2.75, 3.05) is 10.5 Å². The second-order valence-electron chi connectivity index (χ2n) is 6.46. The van der Waals surface area contributed by atoms with Crippen LogP contribution in [-0.2, 0) is 10.0 Å². The summed E-state index contributed by atoms with van der Waals surface area (Å²) in [5.41, 5.74) is 1.56. The maximum atomic E-state index is 13.6. The molecule has 2 aromatic carbocycles. The second-order valence-corrected chi connectivity index (χ2v) is 10.5. The predicted octanol–water partition coefficient (Wildman–Crippen LogP) is 4.65. The molecule has 1 unspecified atom stereocenters. The van der Waals surface area contributed by atoms with Gasteiger partial charge in [-0.15, -0.1) is 23.1 Å². The average Bonchev–Trinajstić information content (AvgIpc) is 3.25. The molecule has 0 fully saturated rings. The molecule has 0 saturated carbocycles. The Hall–Kier alpha value is -2.36. The number of rotatable bonds is 5. The third kappa shape index (κ3) is 4.47. The van der Waals surface area contributed by atoms with Gasteiger partial charge in [0.25, 0.3) is 15.9 Å². The fraction of sp³-hybridized carbons (Fsp3) is 0.150. The first-order valence-corrected chi connectivity index (χ1v) is 12.2. The minimum atomic E-state index is -3.63. The van der Waals surface area contributed by atoms with Crippen LogP contribution in [0.2, 0.25) is 0 Å². The first-order valence-electron chi connectivity index (χ1n) is 8.82. The van der Waals surface area contributed by atoms with Crippen molar-refractivity contribution in [3.8, 4) is 0 Å². The number of carbonyl (C=O) groups excluding carboxylic acids is 1. The topological polar surface area (TPSA) is 75.3 Å². The van der Waals surface area contributed by atoms with Crippen LogP contribution in [0.4, 0.5) is 10.1 Å². The van der Waals surface area contributed by atoms with E-state index < -0.39 is 10.0 Å². The van der Waals surface area contributed by atoms with E-state index in [2.05, 4.69) is 10.0 Å². The molecule has 4 rings (SSSR count). The number of thioether (sulfide) groups is 1. The van der Waals surface area contributed by atoms with Crippen LogP contribution in [-0.4, -0.2) is 20.1 Å². The van der Waals surface area contributed by atoms with Crippen LogP contribution in [0.25, 0.3) is 0 Å². The fourth-order valence-electron chi connectivity index (χ4n) is 3.07. The summed E-state index contributed by atoms with van der Waals surface area (Å²) in [6.07, 6.45) is 0.714. The van der Waals surface area contributed by atoms with E-state index in [9.17, 15) is 17.6 Å². The van der Waals surface area contributed by atoms with Crippen LogP contribution >= 0.6 is 23.1 Å². The Kier molecular flexibility index (Phi) is 5.62. The Morgan fingerprint density at radius 2 is 1.90 bits per heavy atom. The Balaban J connectivity index is 1.46. The van der Waals surface area contributed by atoms with Gasteiger partial charge in [-0.25, -0.2) is 12.8 Å². The molecule has 150 valence electrons. The third-order valence-corrected chi connectivity index (χ3v) is 8.38. The molecule has 9 heteroatoms. The van der Waals surface area contributed by atoms with E-state index in [0.29, 0.717) is 17.7 Å². The Labute approximate surface area is 176 Å². The Morgan fingerprint density at radius 1 is 1.10 bits per heavy atom. The SMILES string of the molecule is O=C(NC1CCSc2ccc(F)cc21)c1ccc(NS(=O)(=O)c2cccs2)cc1. The van der Waals surface area contributed by atoms with Crippen molar-refractivity contribution < 1.29 is 17.6 Å². The summed E-state index contributed by atoms with van der Waals surface area (Å²) in [5, 5.41) is 4.64. The van der Waals surface area contributed by atoms with Gasteiger partial charge >= 0.3 is 0 Å². The van der Waals surface area contributed by atoms with Crippen LogP contribution in [0.1, 0.15) is 28.4 Å². The van der Waals surface area contributed by atoms with Gasteiger partial charge in [0.05, 0.1) is 6.04 Å². The first-order chi connectivity index (χ1) is 13.9. The molecular weight excluding hydrogens is 431 g/mol. The molecule has 2 N–H and O–H groups in total. The lowest BCUT2D eigenvalue weighted by Gasteiger charge is -2.26. The predicted molar refractivity (Wildman–Crippen MR) is 114 cm³/mol. The molecule has 1 aliphatic rings. The highest BCUT2D eigenvalue weighted by Crippen LogP contribution is 2.36. The maximum absolute atomic E-state index is 13.6. The summed E-state index contributed by atoms with van der Waals surface area (Å²) in [4.78, 5) is 13.6. The average molecular weight is 449 g/mol. The number of anilines is 1. The molecule has 1 atom stereocenters. The molecule has 0 spiro atoms. The zero-order valence-corrected chi connectivity index (χ0v) is 17.5. The lowest BCUT2D eigenvalue weighted by Crippen LogP contribution is -2.30. The lowest BCUT2D eigenvalue weighted by atomic mass is 10.0. The summed E-state index contributed by atoms with van der Waals surface area (Å²) >= 11 is 2.78. The van der Waals surface area contributed by atoms with Gasteiger partial charge in [0.2, 0.25) is 0 Å². The second kappa shape index (κ2) is 8.17. The summed E-state index contributed by atoms with van der Waals surface area (Å²) < 4.78 is 40.9. The van der Waals surface area contributed by atoms with Crippen molar-refractivity contribution in [1.29, 1.82) is 0 Å². The quantitative estimate of drug-likeness (QED) is 0.596. The zero-order valence-electron chi connectivity index (χ0n) is 15.1. The maximum Gasteiger partial charge on any atom is 0.271 e. The molecule has 1 aromatic heterocycles. The van der Waals surface area contributed by atoms with Gasteiger partial charge in [-0.3, -0.25) is 9.52 Å². The Bertz CT molecular complexity index is 1130. The number of carbonyl (C=O) groups is 1. The zero-order chi connectivity index (χ0) is 20.4. The van der Waals surface area contributed by atoms with Crippen molar-refractivity contribution in [1.82, 2.24) is 5.32 Å². The summed E-state index contributed by atoms with van der Waals surface area (Å²) in [6.45, 7) is 0. The van der Waals surface area contributed by atoms with Crippen molar-refractivity contribution in [3.05, 3.63) is 76.9 Å². The number of amides is 1. The van der Waals surface area contributed by atoms with Crippen molar-refractivity contribution in [2.45, 2.75) is 21.6 Å². The van der Waals surface area contributed by atoms with Gasteiger partial charge in [0, 0.05) is 21.9 Å². The number of halogens is 1. The third-order valence-electron chi connectivity index (χ3n) is 4.48. The van der Waals surface area contributed by atoms with Crippen molar-refractivity contribution in [3.63, 3.8) is 0 Å². The highest BCUT2D eigenvalue weighted by molar-refractivity contribution is 7.99. The van der Waals surface area contributed by atoms with Gasteiger partial charge in [-0.2, -0.15) is 0 Å². The van der Waals surface area contributed by atoms with E-state index in [-0.39, 0.29) is 22.0 Å². The number of thiophene rings is 1. The molecule has 0 saturated heterocycles. The standard InChI is InChI=1S/C20H17FN2O3S3/c21-14-5-8-18-16(12-14)17(9-11-27-18)22-20(24)13-3-6-15(7-4-13)23-29(25,26)19-2-1-10-28-19/h1-8,10,12,17,23H,9,11H2,(H,22,24). The van der Waals surface area contributed by atoms with Crippen LogP contribution in [0.15, 0.2) is 69.1 Å². The van der Waals surface area contributed by atoms with E-state index in [0.717, 1.165) is 27.5 Å². The van der Waals surface area contributed by atoms with Crippen molar-refractivity contribution >= 4 is 44.7 Å². The summed E-state index contributed by atoms with van der Waals surface area (Å²) in [5.74, 6) is 0.227. The molecule has 2 heterocycles. The van der Waals surface area contributed by atoms with Gasteiger partial charge in [-0.05, 0) is 65.9 Å². The monoisotopic (exact) mass is 448 g/mol. The normalized spacial score (nSPS) is 16.1. The van der Waals surface area contributed by atoms with E-state index in [1.807, 2.05) is 0 Å². The number of benzene rings is 2. The molecule has 0 radical (unpaired) electrons. The summed E-state index contributed by atoms with van der Waals surface area (Å²) in [7, 11) is -3.63. The number of hydrogen-bond donors (Lipinski definition) is 2. The van der Waals surface area contributed by atoms with Gasteiger partial charge in [0.1, 0.15) is 10.0 Å². The number of sulfonamides is 1.